The van der Waals surface area contributed by atoms with E-state index in [1.165, 1.54) is 30.3 Å². The first-order chi connectivity index (χ1) is 12.0. The van der Waals surface area contributed by atoms with Crippen LogP contribution in [-0.4, -0.2) is 40.9 Å². The summed E-state index contributed by atoms with van der Waals surface area (Å²) in [4.78, 5) is 20.9. The van der Waals surface area contributed by atoms with Crippen molar-refractivity contribution in [2.24, 2.45) is 0 Å². The molecule has 0 aliphatic heterocycles. The SMILES string of the molecule is FC(F)C(Oc1ccco1)C(F)(F)F.O=C(O)c1ccccc1C(=O)O. The van der Waals surface area contributed by atoms with Gasteiger partial charge in [-0.1, -0.05) is 12.1 Å². The maximum Gasteiger partial charge on any atom is 0.431 e. The Bertz CT molecular complexity index is 693. The van der Waals surface area contributed by atoms with Crippen LogP contribution in [0, 0.1) is 0 Å². The van der Waals surface area contributed by atoms with Crippen molar-refractivity contribution in [3.05, 3.63) is 53.8 Å². The van der Waals surface area contributed by atoms with E-state index < -0.39 is 36.6 Å². The van der Waals surface area contributed by atoms with Gasteiger partial charge >= 0.3 is 18.1 Å². The molecule has 0 saturated carbocycles. The van der Waals surface area contributed by atoms with E-state index in [0.717, 1.165) is 12.3 Å². The summed E-state index contributed by atoms with van der Waals surface area (Å²) in [5.74, 6) is -3.05. The van der Waals surface area contributed by atoms with Crippen molar-refractivity contribution >= 4 is 11.9 Å². The fraction of sp³-hybridized carbons (Fsp3) is 0.200. The maximum atomic E-state index is 11.9. The Balaban J connectivity index is 0.000000263. The van der Waals surface area contributed by atoms with Crippen LogP contribution in [-0.2, 0) is 0 Å². The van der Waals surface area contributed by atoms with Crippen molar-refractivity contribution < 1.29 is 50.9 Å². The average molecular weight is 382 g/mol. The zero-order valence-electron chi connectivity index (χ0n) is 12.6. The van der Waals surface area contributed by atoms with Gasteiger partial charge in [-0.3, -0.25) is 0 Å². The van der Waals surface area contributed by atoms with Crippen LogP contribution >= 0.6 is 0 Å². The number of aromatic carboxylic acids is 2. The van der Waals surface area contributed by atoms with Crippen molar-refractivity contribution in [2.45, 2.75) is 18.7 Å². The summed E-state index contributed by atoms with van der Waals surface area (Å²) in [6.45, 7) is 0. The monoisotopic (exact) mass is 382 g/mol. The van der Waals surface area contributed by atoms with Crippen LogP contribution < -0.4 is 4.74 Å². The van der Waals surface area contributed by atoms with Gasteiger partial charge in [0.05, 0.1) is 17.4 Å². The van der Waals surface area contributed by atoms with E-state index in [0.29, 0.717) is 0 Å². The zero-order valence-corrected chi connectivity index (χ0v) is 12.6. The van der Waals surface area contributed by atoms with Crippen molar-refractivity contribution in [3.8, 4) is 5.95 Å². The van der Waals surface area contributed by atoms with Gasteiger partial charge in [0.15, 0.2) is 0 Å². The van der Waals surface area contributed by atoms with Gasteiger partial charge in [0.1, 0.15) is 0 Å². The standard InChI is InChI=1S/C8H6O4.C7H5F5O2/c9-7(10)5-3-1-2-4-6(5)8(11)12;8-6(9)5(7(10,11)12)14-4-2-1-3-13-4/h1-4H,(H,9,10)(H,11,12);1-3,5-6H. The molecule has 6 nitrogen and oxygen atoms in total. The van der Waals surface area contributed by atoms with Gasteiger partial charge in [-0.15, -0.1) is 0 Å². The first kappa shape index (κ1) is 20.9. The van der Waals surface area contributed by atoms with E-state index in [1.54, 1.807) is 0 Å². The van der Waals surface area contributed by atoms with E-state index in [2.05, 4.69) is 9.15 Å². The highest BCUT2D eigenvalue weighted by Crippen LogP contribution is 2.29. The number of alkyl halides is 5. The number of furan rings is 1. The molecule has 2 N–H and O–H groups in total. The first-order valence-corrected chi connectivity index (χ1v) is 6.64. The van der Waals surface area contributed by atoms with E-state index in [1.807, 2.05) is 0 Å². The molecule has 142 valence electrons. The van der Waals surface area contributed by atoms with Crippen molar-refractivity contribution in [1.82, 2.24) is 0 Å². The summed E-state index contributed by atoms with van der Waals surface area (Å²) in [6.07, 6.45) is -10.9. The first-order valence-electron chi connectivity index (χ1n) is 6.64. The van der Waals surface area contributed by atoms with Crippen LogP contribution in [0.25, 0.3) is 0 Å². The number of hydrogen-bond acceptors (Lipinski definition) is 4. The van der Waals surface area contributed by atoms with Gasteiger partial charge in [0.2, 0.25) is 0 Å². The van der Waals surface area contributed by atoms with Gasteiger partial charge in [0, 0.05) is 6.07 Å². The number of ether oxygens (including phenoxy) is 1. The number of halogens is 5. The van der Waals surface area contributed by atoms with Gasteiger partial charge in [-0.2, -0.15) is 13.2 Å². The van der Waals surface area contributed by atoms with Crippen LogP contribution in [0.4, 0.5) is 22.0 Å². The number of rotatable bonds is 5. The molecule has 1 unspecified atom stereocenters. The molecule has 0 aliphatic carbocycles. The molecule has 0 saturated heterocycles. The highest BCUT2D eigenvalue weighted by atomic mass is 19.4. The summed E-state index contributed by atoms with van der Waals surface area (Å²) in [6, 6.07) is 7.72. The zero-order chi connectivity index (χ0) is 19.9. The minimum absolute atomic E-state index is 0.190. The smallest absolute Gasteiger partial charge is 0.431 e. The highest BCUT2D eigenvalue weighted by Gasteiger charge is 2.48. The average Bonchev–Trinajstić information content (AvgIpc) is 3.05. The molecule has 0 aliphatic rings. The van der Waals surface area contributed by atoms with E-state index in [-0.39, 0.29) is 11.1 Å². The molecule has 26 heavy (non-hydrogen) atoms. The molecule has 11 heteroatoms. The molecule has 1 aromatic carbocycles. The third kappa shape index (κ3) is 6.07. The fourth-order valence-corrected chi connectivity index (χ4v) is 1.57. The molecular formula is C15H11F5O6. The number of hydrogen-bond donors (Lipinski definition) is 2. The van der Waals surface area contributed by atoms with Gasteiger partial charge < -0.3 is 19.4 Å². The van der Waals surface area contributed by atoms with Crippen LogP contribution in [0.3, 0.4) is 0 Å². The minimum Gasteiger partial charge on any atom is -0.478 e. The molecule has 1 atom stereocenters. The van der Waals surface area contributed by atoms with Gasteiger partial charge in [0.25, 0.3) is 18.5 Å². The molecule has 1 heterocycles. The Morgan fingerprint density at radius 2 is 1.46 bits per heavy atom. The summed E-state index contributed by atoms with van der Waals surface area (Å²) < 4.78 is 67.8. The Morgan fingerprint density at radius 3 is 1.77 bits per heavy atom. The predicted octanol–water partition coefficient (Wildman–Crippen LogP) is 3.94. The number of carboxylic acid groups (broad SMARTS) is 2. The number of carbonyl (C=O) groups is 2. The van der Waals surface area contributed by atoms with Gasteiger partial charge in [-0.25, -0.2) is 18.4 Å². The molecule has 2 aromatic rings. The molecule has 0 bridgehead atoms. The van der Waals surface area contributed by atoms with E-state index >= 15 is 0 Å². The van der Waals surface area contributed by atoms with E-state index in [9.17, 15) is 31.5 Å². The van der Waals surface area contributed by atoms with Crippen LogP contribution in [0.1, 0.15) is 20.7 Å². The second-order valence-corrected chi connectivity index (χ2v) is 4.50. The largest absolute Gasteiger partial charge is 0.478 e. The van der Waals surface area contributed by atoms with Crippen molar-refractivity contribution in [1.29, 1.82) is 0 Å². The van der Waals surface area contributed by atoms with Crippen LogP contribution in [0.5, 0.6) is 5.95 Å². The second kappa shape index (κ2) is 8.83. The molecule has 0 fully saturated rings. The highest BCUT2D eigenvalue weighted by molar-refractivity contribution is 6.01. The summed E-state index contributed by atoms with van der Waals surface area (Å²) >= 11 is 0. The van der Waals surface area contributed by atoms with E-state index in [4.69, 9.17) is 10.2 Å². The Kier molecular flexibility index (Phi) is 7.11. The summed E-state index contributed by atoms with van der Waals surface area (Å²) in [5, 5.41) is 17.1. The lowest BCUT2D eigenvalue weighted by Gasteiger charge is -2.18. The van der Waals surface area contributed by atoms with Crippen LogP contribution in [0.15, 0.2) is 47.1 Å². The fourth-order valence-electron chi connectivity index (χ4n) is 1.57. The minimum atomic E-state index is -5.12. The normalized spacial score (nSPS) is 12.1. The van der Waals surface area contributed by atoms with Crippen molar-refractivity contribution in [3.63, 3.8) is 0 Å². The molecule has 0 spiro atoms. The summed E-state index contributed by atoms with van der Waals surface area (Å²) in [5.41, 5.74) is -0.380. The third-order valence-corrected chi connectivity index (χ3v) is 2.68. The summed E-state index contributed by atoms with van der Waals surface area (Å²) in [7, 11) is 0. The Labute approximate surface area is 142 Å². The lowest BCUT2D eigenvalue weighted by molar-refractivity contribution is -0.230. The second-order valence-electron chi connectivity index (χ2n) is 4.50. The van der Waals surface area contributed by atoms with Gasteiger partial charge in [-0.05, 0) is 18.2 Å². The van der Waals surface area contributed by atoms with Crippen LogP contribution in [0.2, 0.25) is 0 Å². The topological polar surface area (TPSA) is 97.0 Å². The Hall–Kier alpha value is -3.11. The molecule has 1 aromatic heterocycles. The lowest BCUT2D eigenvalue weighted by atomic mass is 10.1. The quantitative estimate of drug-likeness (QED) is 0.761. The lowest BCUT2D eigenvalue weighted by Crippen LogP contribution is -2.40. The number of carboxylic acids is 2. The predicted molar refractivity (Wildman–Crippen MR) is 75.5 cm³/mol. The third-order valence-electron chi connectivity index (χ3n) is 2.68. The molecule has 0 radical (unpaired) electrons. The maximum absolute atomic E-state index is 11.9. The molecule has 2 rings (SSSR count). The molecular weight excluding hydrogens is 371 g/mol. The van der Waals surface area contributed by atoms with Crippen molar-refractivity contribution in [2.75, 3.05) is 0 Å². The Morgan fingerprint density at radius 1 is 0.962 bits per heavy atom. The number of benzene rings is 1. The molecule has 0 amide bonds.